The number of aliphatic carboxylic acids is 1. The second-order valence-electron chi connectivity index (χ2n) is 14.5. The first kappa shape index (κ1) is 25.7. The van der Waals surface area contributed by atoms with Crippen LogP contribution in [0.5, 0.6) is 0 Å². The van der Waals surface area contributed by atoms with E-state index in [1.54, 1.807) is 0 Å². The molecular formula is C30H48O5. The van der Waals surface area contributed by atoms with Gasteiger partial charge in [-0.05, 0) is 97.2 Å². The normalized spacial score (nSPS) is 57.7. The summed E-state index contributed by atoms with van der Waals surface area (Å²) in [5.41, 5.74) is -0.214. The van der Waals surface area contributed by atoms with Gasteiger partial charge in [0.25, 0.3) is 0 Å². The average molecular weight is 489 g/mol. The van der Waals surface area contributed by atoms with Gasteiger partial charge < -0.3 is 20.4 Å². The molecule has 198 valence electrons. The van der Waals surface area contributed by atoms with E-state index < -0.39 is 29.0 Å². The topological polar surface area (TPSA) is 98.0 Å². The summed E-state index contributed by atoms with van der Waals surface area (Å²) in [6.07, 6.45) is 7.51. The molecule has 4 saturated carbocycles. The molecule has 0 bridgehead atoms. The second-order valence-corrected chi connectivity index (χ2v) is 14.5. The van der Waals surface area contributed by atoms with Gasteiger partial charge in [-0.3, -0.25) is 4.79 Å². The Hall–Kier alpha value is -0.910. The van der Waals surface area contributed by atoms with Crippen molar-refractivity contribution in [2.45, 2.75) is 105 Å². The quantitative estimate of drug-likeness (QED) is 0.409. The predicted molar refractivity (Wildman–Crippen MR) is 135 cm³/mol. The summed E-state index contributed by atoms with van der Waals surface area (Å²) in [5, 5.41) is 42.9. The Balaban J connectivity index is 1.62. The highest BCUT2D eigenvalue weighted by molar-refractivity contribution is 5.76. The third-order valence-corrected chi connectivity index (χ3v) is 13.5. The molecule has 35 heavy (non-hydrogen) atoms. The Morgan fingerprint density at radius 2 is 1.69 bits per heavy atom. The van der Waals surface area contributed by atoms with Crippen molar-refractivity contribution in [3.63, 3.8) is 0 Å². The molecule has 0 aromatic heterocycles. The van der Waals surface area contributed by atoms with Crippen LogP contribution in [0.25, 0.3) is 0 Å². The third kappa shape index (κ3) is 2.95. The lowest BCUT2D eigenvalue weighted by Crippen LogP contribution is -2.68. The van der Waals surface area contributed by atoms with Gasteiger partial charge in [-0.2, -0.15) is 0 Å². The SMILES string of the molecule is C[C@H]1[C@H](C)CC[C@]2(C(=O)O)CC[C@]3(C)C(=CC[C@@H]4[C@@]5(C)C[C@@H](O)[C@@H](O)[C@@](C)(CO)C5CC[C@]43C)[C@H]12. The van der Waals surface area contributed by atoms with Crippen molar-refractivity contribution in [1.29, 1.82) is 0 Å². The molecule has 0 aromatic carbocycles. The zero-order chi connectivity index (χ0) is 25.8. The summed E-state index contributed by atoms with van der Waals surface area (Å²) in [7, 11) is 0. The summed E-state index contributed by atoms with van der Waals surface area (Å²) in [5.74, 6) is 0.828. The Morgan fingerprint density at radius 3 is 2.31 bits per heavy atom. The van der Waals surface area contributed by atoms with Crippen LogP contribution in [-0.4, -0.2) is 45.2 Å². The van der Waals surface area contributed by atoms with Crippen molar-refractivity contribution in [3.05, 3.63) is 11.6 Å². The largest absolute Gasteiger partial charge is 0.481 e. The van der Waals surface area contributed by atoms with E-state index in [-0.39, 0.29) is 34.7 Å². The number of hydrogen-bond donors (Lipinski definition) is 4. The highest BCUT2D eigenvalue weighted by Crippen LogP contribution is 2.75. The van der Waals surface area contributed by atoms with Gasteiger partial charge in [0, 0.05) is 5.41 Å². The van der Waals surface area contributed by atoms with Gasteiger partial charge >= 0.3 is 5.97 Å². The molecule has 0 aromatic rings. The lowest BCUT2D eigenvalue weighted by Gasteiger charge is -2.71. The zero-order valence-electron chi connectivity index (χ0n) is 22.7. The summed E-state index contributed by atoms with van der Waals surface area (Å²) >= 11 is 0. The fourth-order valence-corrected chi connectivity index (χ4v) is 11.0. The fourth-order valence-electron chi connectivity index (χ4n) is 11.0. The highest BCUT2D eigenvalue weighted by Gasteiger charge is 2.70. The van der Waals surface area contributed by atoms with E-state index in [4.69, 9.17) is 0 Å². The Kier molecular flexibility index (Phi) is 5.73. The van der Waals surface area contributed by atoms with Crippen molar-refractivity contribution < 1.29 is 25.2 Å². The number of fused-ring (bicyclic) bond motifs is 7. The number of allylic oxidation sites excluding steroid dienone is 2. The van der Waals surface area contributed by atoms with E-state index in [0.29, 0.717) is 24.2 Å². The Morgan fingerprint density at radius 1 is 1.00 bits per heavy atom. The maximum absolute atomic E-state index is 12.8. The minimum absolute atomic E-state index is 0.00815. The van der Waals surface area contributed by atoms with E-state index in [1.807, 2.05) is 6.92 Å². The van der Waals surface area contributed by atoms with E-state index in [9.17, 15) is 25.2 Å². The van der Waals surface area contributed by atoms with E-state index >= 15 is 0 Å². The second kappa shape index (κ2) is 7.80. The van der Waals surface area contributed by atoms with E-state index in [1.165, 1.54) is 5.57 Å². The smallest absolute Gasteiger partial charge is 0.310 e. The number of aliphatic hydroxyl groups excluding tert-OH is 3. The van der Waals surface area contributed by atoms with Crippen LogP contribution in [0.3, 0.4) is 0 Å². The van der Waals surface area contributed by atoms with Gasteiger partial charge in [0.1, 0.15) is 0 Å². The van der Waals surface area contributed by atoms with Gasteiger partial charge in [-0.25, -0.2) is 0 Å². The summed E-state index contributed by atoms with van der Waals surface area (Å²) in [6.45, 7) is 13.6. The van der Waals surface area contributed by atoms with Crippen LogP contribution in [0.1, 0.15) is 92.9 Å². The van der Waals surface area contributed by atoms with Gasteiger partial charge in [0.05, 0.1) is 24.2 Å². The molecule has 5 heteroatoms. The van der Waals surface area contributed by atoms with Crippen molar-refractivity contribution >= 4 is 5.97 Å². The van der Waals surface area contributed by atoms with Crippen LogP contribution < -0.4 is 0 Å². The molecule has 0 saturated heterocycles. The first-order chi connectivity index (χ1) is 16.2. The summed E-state index contributed by atoms with van der Waals surface area (Å²) < 4.78 is 0. The maximum atomic E-state index is 12.8. The van der Waals surface area contributed by atoms with E-state index in [0.717, 1.165) is 44.9 Å². The van der Waals surface area contributed by atoms with Crippen molar-refractivity contribution in [2.24, 2.45) is 56.7 Å². The van der Waals surface area contributed by atoms with Crippen LogP contribution in [0.4, 0.5) is 0 Å². The highest BCUT2D eigenvalue weighted by atomic mass is 16.4. The molecule has 0 spiro atoms. The zero-order valence-corrected chi connectivity index (χ0v) is 22.7. The number of rotatable bonds is 2. The number of aliphatic hydroxyl groups is 3. The van der Waals surface area contributed by atoms with Crippen molar-refractivity contribution in [3.8, 4) is 0 Å². The average Bonchev–Trinajstić information content (AvgIpc) is 2.80. The fraction of sp³-hybridized carbons (Fsp3) is 0.900. The van der Waals surface area contributed by atoms with Gasteiger partial charge in [0.2, 0.25) is 0 Å². The summed E-state index contributed by atoms with van der Waals surface area (Å²) in [4.78, 5) is 12.8. The molecule has 0 aliphatic heterocycles. The van der Waals surface area contributed by atoms with Crippen molar-refractivity contribution in [2.75, 3.05) is 6.61 Å². The molecular weight excluding hydrogens is 440 g/mol. The molecule has 5 rings (SSSR count). The van der Waals surface area contributed by atoms with Crippen LogP contribution in [0, 0.1) is 56.7 Å². The van der Waals surface area contributed by atoms with Crippen LogP contribution in [-0.2, 0) is 4.79 Å². The lowest BCUT2D eigenvalue weighted by atomic mass is 9.33. The maximum Gasteiger partial charge on any atom is 0.310 e. The Bertz CT molecular complexity index is 930. The first-order valence-electron chi connectivity index (χ1n) is 14.1. The van der Waals surface area contributed by atoms with Crippen LogP contribution >= 0.6 is 0 Å². The standard InChI is InChI=1S/C30H48O5/c1-17-9-12-30(25(34)35)14-13-28(5)19(23(30)18(17)2)7-8-22-26(3)15-20(32)24(33)27(4,16-31)21(26)10-11-29(22,28)6/h7,17-18,20-24,31-33H,8-16H2,1-6H3,(H,34,35)/t17-,18+,20-,21?,22-,23+,24-,26+,27+,28-,29-,30+/m1/s1. The molecule has 5 aliphatic carbocycles. The summed E-state index contributed by atoms with van der Waals surface area (Å²) in [6, 6.07) is 0. The molecule has 4 fully saturated rings. The first-order valence-corrected chi connectivity index (χ1v) is 14.1. The van der Waals surface area contributed by atoms with Gasteiger partial charge in [-0.15, -0.1) is 0 Å². The molecule has 0 amide bonds. The lowest BCUT2D eigenvalue weighted by molar-refractivity contribution is -0.244. The minimum atomic E-state index is -0.907. The molecule has 0 radical (unpaired) electrons. The molecule has 12 atom stereocenters. The molecule has 1 unspecified atom stereocenters. The number of carboxylic acid groups (broad SMARTS) is 1. The Labute approximate surface area is 211 Å². The molecule has 5 nitrogen and oxygen atoms in total. The number of hydrogen-bond acceptors (Lipinski definition) is 4. The molecule has 0 heterocycles. The molecule has 4 N–H and O–H groups in total. The monoisotopic (exact) mass is 488 g/mol. The number of carbonyl (C=O) groups is 1. The van der Waals surface area contributed by atoms with Crippen molar-refractivity contribution in [1.82, 2.24) is 0 Å². The van der Waals surface area contributed by atoms with Gasteiger partial charge in [0.15, 0.2) is 0 Å². The third-order valence-electron chi connectivity index (χ3n) is 13.5. The predicted octanol–water partition coefficient (Wildman–Crippen LogP) is 5.03. The molecule has 5 aliphatic rings. The van der Waals surface area contributed by atoms with Crippen LogP contribution in [0.15, 0.2) is 11.6 Å². The number of carboxylic acids is 1. The van der Waals surface area contributed by atoms with Crippen LogP contribution in [0.2, 0.25) is 0 Å². The minimum Gasteiger partial charge on any atom is -0.481 e. The van der Waals surface area contributed by atoms with Gasteiger partial charge in [-0.1, -0.05) is 53.2 Å². The van der Waals surface area contributed by atoms with E-state index in [2.05, 4.69) is 40.7 Å².